The van der Waals surface area contributed by atoms with Crippen molar-refractivity contribution in [1.29, 1.82) is 0 Å². The van der Waals surface area contributed by atoms with Gasteiger partial charge in [-0.25, -0.2) is 4.39 Å². The van der Waals surface area contributed by atoms with Crippen molar-refractivity contribution in [3.63, 3.8) is 0 Å². The van der Waals surface area contributed by atoms with Crippen LogP contribution in [0.5, 0.6) is 0 Å². The number of hydrogen-bond donors (Lipinski definition) is 1. The van der Waals surface area contributed by atoms with E-state index in [1.807, 2.05) is 0 Å². The summed E-state index contributed by atoms with van der Waals surface area (Å²) in [5.74, 6) is -0.179. The molecule has 0 bridgehead atoms. The fourth-order valence-corrected chi connectivity index (χ4v) is 2.54. The van der Waals surface area contributed by atoms with Crippen molar-refractivity contribution >= 4 is 15.9 Å². The maximum Gasteiger partial charge on any atom is 0.123 e. The molecule has 0 radical (unpaired) electrons. The molecule has 0 fully saturated rings. The van der Waals surface area contributed by atoms with E-state index in [0.717, 1.165) is 16.6 Å². The lowest BCUT2D eigenvalue weighted by molar-refractivity contribution is 0.302. The van der Waals surface area contributed by atoms with Crippen molar-refractivity contribution in [3.05, 3.63) is 34.1 Å². The number of benzene rings is 1. The molecule has 0 aliphatic heterocycles. The minimum atomic E-state index is -0.179. The van der Waals surface area contributed by atoms with E-state index >= 15 is 0 Å². The van der Waals surface area contributed by atoms with Crippen molar-refractivity contribution in [2.24, 2.45) is 5.41 Å². The average molecular weight is 330 g/mol. The smallest absolute Gasteiger partial charge is 0.123 e. The molecule has 3 heteroatoms. The lowest BCUT2D eigenvalue weighted by atomic mass is 9.87. The first kappa shape index (κ1) is 16.6. The highest BCUT2D eigenvalue weighted by atomic mass is 79.9. The Bertz CT molecular complexity index is 390. The molecule has 0 heterocycles. The molecule has 1 N–H and O–H groups in total. The van der Waals surface area contributed by atoms with Crippen molar-refractivity contribution < 1.29 is 4.39 Å². The second-order valence-corrected chi connectivity index (χ2v) is 6.81. The van der Waals surface area contributed by atoms with E-state index in [9.17, 15) is 4.39 Å². The van der Waals surface area contributed by atoms with Gasteiger partial charge in [-0.05, 0) is 35.6 Å². The van der Waals surface area contributed by atoms with Gasteiger partial charge in [0.25, 0.3) is 0 Å². The second-order valence-electron chi connectivity index (χ2n) is 5.96. The lowest BCUT2D eigenvalue weighted by Crippen LogP contribution is -2.29. The zero-order valence-electron chi connectivity index (χ0n) is 12.2. The van der Waals surface area contributed by atoms with Crippen LogP contribution in [0.25, 0.3) is 0 Å². The largest absolute Gasteiger partial charge is 0.312 e. The van der Waals surface area contributed by atoms with Crippen LogP contribution in [0.15, 0.2) is 22.7 Å². The normalized spacial score (nSPS) is 11.8. The molecule has 0 spiro atoms. The molecule has 1 nitrogen and oxygen atoms in total. The van der Waals surface area contributed by atoms with Crippen LogP contribution in [-0.2, 0) is 6.54 Å². The Hall–Kier alpha value is -0.410. The Labute approximate surface area is 125 Å². The number of nitrogens with one attached hydrogen (secondary N) is 1. The van der Waals surface area contributed by atoms with Gasteiger partial charge < -0.3 is 5.32 Å². The van der Waals surface area contributed by atoms with Crippen molar-refractivity contribution in [2.45, 2.75) is 53.0 Å². The summed E-state index contributed by atoms with van der Waals surface area (Å²) in [6, 6.07) is 4.82. The van der Waals surface area contributed by atoms with E-state index in [2.05, 4.69) is 42.0 Å². The minimum Gasteiger partial charge on any atom is -0.312 e. The third kappa shape index (κ3) is 6.53. The van der Waals surface area contributed by atoms with Crippen molar-refractivity contribution in [2.75, 3.05) is 6.54 Å². The third-order valence-electron chi connectivity index (χ3n) is 3.38. The first-order chi connectivity index (χ1) is 8.94. The average Bonchev–Trinajstić information content (AvgIpc) is 2.33. The fourth-order valence-electron chi connectivity index (χ4n) is 2.16. The molecule has 0 aliphatic rings. The van der Waals surface area contributed by atoms with Gasteiger partial charge in [0.1, 0.15) is 5.82 Å². The number of hydrogen-bond acceptors (Lipinski definition) is 1. The maximum absolute atomic E-state index is 13.2. The summed E-state index contributed by atoms with van der Waals surface area (Å²) < 4.78 is 14.1. The third-order valence-corrected chi connectivity index (χ3v) is 4.16. The van der Waals surface area contributed by atoms with Gasteiger partial charge in [0, 0.05) is 17.6 Å². The van der Waals surface area contributed by atoms with Crippen LogP contribution in [0.4, 0.5) is 4.39 Å². The molecular formula is C16H25BrFN. The first-order valence-electron chi connectivity index (χ1n) is 7.09. The topological polar surface area (TPSA) is 12.0 Å². The van der Waals surface area contributed by atoms with Gasteiger partial charge in [-0.2, -0.15) is 0 Å². The van der Waals surface area contributed by atoms with E-state index in [1.54, 1.807) is 12.1 Å². The monoisotopic (exact) mass is 329 g/mol. The van der Waals surface area contributed by atoms with Crippen molar-refractivity contribution in [1.82, 2.24) is 5.32 Å². The van der Waals surface area contributed by atoms with Crippen LogP contribution >= 0.6 is 15.9 Å². The van der Waals surface area contributed by atoms with Crippen LogP contribution in [0, 0.1) is 11.2 Å². The zero-order valence-corrected chi connectivity index (χ0v) is 13.8. The van der Waals surface area contributed by atoms with Crippen LogP contribution < -0.4 is 5.32 Å². The van der Waals surface area contributed by atoms with Crippen LogP contribution in [0.2, 0.25) is 0 Å². The predicted octanol–water partition coefficient (Wildman–Crippen LogP) is 5.28. The standard InChI is InChI=1S/C16H25BrFN/c1-4-5-6-9-16(2,3)12-19-11-13-10-14(18)7-8-15(13)17/h7-8,10,19H,4-6,9,11-12H2,1-3H3. The minimum absolute atomic E-state index is 0.179. The summed E-state index contributed by atoms with van der Waals surface area (Å²) in [5.41, 5.74) is 1.28. The molecule has 0 unspecified atom stereocenters. The lowest BCUT2D eigenvalue weighted by Gasteiger charge is -2.25. The SMILES string of the molecule is CCCCCC(C)(C)CNCc1cc(F)ccc1Br. The van der Waals surface area contributed by atoms with Gasteiger partial charge in [0.05, 0.1) is 0 Å². The highest BCUT2D eigenvalue weighted by Gasteiger charge is 2.16. The van der Waals surface area contributed by atoms with Crippen LogP contribution in [0.1, 0.15) is 52.0 Å². The Morgan fingerprint density at radius 2 is 2.00 bits per heavy atom. The van der Waals surface area contributed by atoms with E-state index < -0.39 is 0 Å². The molecule has 0 aliphatic carbocycles. The molecule has 19 heavy (non-hydrogen) atoms. The number of rotatable bonds is 8. The summed E-state index contributed by atoms with van der Waals surface area (Å²) in [6.45, 7) is 8.47. The molecule has 0 aromatic heterocycles. The highest BCUT2D eigenvalue weighted by molar-refractivity contribution is 9.10. The Morgan fingerprint density at radius 3 is 2.68 bits per heavy atom. The molecule has 108 valence electrons. The Kier molecular flexibility index (Phi) is 7.01. The van der Waals surface area contributed by atoms with Gasteiger partial charge in [-0.3, -0.25) is 0 Å². The number of unbranched alkanes of at least 4 members (excludes halogenated alkanes) is 2. The molecule has 1 rings (SSSR count). The van der Waals surface area contributed by atoms with Gasteiger partial charge in [0.2, 0.25) is 0 Å². The fraction of sp³-hybridized carbons (Fsp3) is 0.625. The summed E-state index contributed by atoms with van der Waals surface area (Å²) in [6.07, 6.45) is 5.09. The van der Waals surface area contributed by atoms with Crippen molar-refractivity contribution in [3.8, 4) is 0 Å². The Morgan fingerprint density at radius 1 is 1.26 bits per heavy atom. The molecular weight excluding hydrogens is 305 g/mol. The molecule has 0 atom stereocenters. The van der Waals surface area contributed by atoms with E-state index in [1.165, 1.54) is 31.7 Å². The molecule has 1 aromatic carbocycles. The number of halogens is 2. The predicted molar refractivity (Wildman–Crippen MR) is 83.7 cm³/mol. The summed E-state index contributed by atoms with van der Waals surface area (Å²) in [7, 11) is 0. The van der Waals surface area contributed by atoms with E-state index in [0.29, 0.717) is 12.0 Å². The van der Waals surface area contributed by atoms with E-state index in [4.69, 9.17) is 0 Å². The quantitative estimate of drug-likeness (QED) is 0.639. The Balaban J connectivity index is 2.38. The van der Waals surface area contributed by atoms with Gasteiger partial charge in [0.15, 0.2) is 0 Å². The molecule has 0 amide bonds. The summed E-state index contributed by atoms with van der Waals surface area (Å²) in [4.78, 5) is 0. The molecule has 0 saturated carbocycles. The van der Waals surface area contributed by atoms with E-state index in [-0.39, 0.29) is 5.82 Å². The summed E-state index contributed by atoms with van der Waals surface area (Å²) in [5, 5.41) is 3.44. The van der Waals surface area contributed by atoms with Gasteiger partial charge >= 0.3 is 0 Å². The molecule has 0 saturated heterocycles. The second kappa shape index (κ2) is 8.01. The maximum atomic E-state index is 13.2. The van der Waals surface area contributed by atoms with Crippen LogP contribution in [-0.4, -0.2) is 6.54 Å². The van der Waals surface area contributed by atoms with Gasteiger partial charge in [-0.1, -0.05) is 56.0 Å². The highest BCUT2D eigenvalue weighted by Crippen LogP contribution is 2.23. The first-order valence-corrected chi connectivity index (χ1v) is 7.88. The zero-order chi connectivity index (χ0) is 14.3. The molecule has 1 aromatic rings. The van der Waals surface area contributed by atoms with Crippen LogP contribution in [0.3, 0.4) is 0 Å². The van der Waals surface area contributed by atoms with Gasteiger partial charge in [-0.15, -0.1) is 0 Å². The summed E-state index contributed by atoms with van der Waals surface area (Å²) >= 11 is 3.46.